The first-order chi connectivity index (χ1) is 11.1. The Morgan fingerprint density at radius 2 is 2.00 bits per heavy atom. The molecule has 5 nitrogen and oxygen atoms in total. The second kappa shape index (κ2) is 6.81. The molecule has 0 bridgehead atoms. The molecular weight excluding hydrogens is 330 g/mol. The van der Waals surface area contributed by atoms with Crippen LogP contribution in [0.5, 0.6) is 0 Å². The minimum atomic E-state index is -3.33. The number of nitrogens with one attached hydrogen (secondary N) is 1. The van der Waals surface area contributed by atoms with E-state index >= 15 is 0 Å². The molecule has 1 N–H and O–H groups in total. The molecule has 1 aromatic heterocycles. The third kappa shape index (κ3) is 3.62. The lowest BCUT2D eigenvalue weighted by molar-refractivity contribution is -0.917. The van der Waals surface area contributed by atoms with Crippen LogP contribution in [0.25, 0.3) is 0 Å². The van der Waals surface area contributed by atoms with Crippen LogP contribution in [0.1, 0.15) is 11.1 Å². The van der Waals surface area contributed by atoms with Crippen molar-refractivity contribution >= 4 is 21.4 Å². The SMILES string of the molecule is N#Cc1cccc(C[NH+]2CCN(S(=O)(=O)c3cccs3)CC2)c1. The number of hydrogen-bond donors (Lipinski definition) is 1. The fourth-order valence-corrected chi connectivity index (χ4v) is 5.38. The highest BCUT2D eigenvalue weighted by Gasteiger charge is 2.30. The fourth-order valence-electron chi connectivity index (χ4n) is 2.80. The van der Waals surface area contributed by atoms with Crippen LogP contribution in [-0.4, -0.2) is 38.9 Å². The summed E-state index contributed by atoms with van der Waals surface area (Å²) in [6, 6.07) is 13.2. The molecule has 1 fully saturated rings. The summed E-state index contributed by atoms with van der Waals surface area (Å²) in [6.07, 6.45) is 0. The molecule has 1 aliphatic rings. The molecule has 3 rings (SSSR count). The molecule has 0 aliphatic carbocycles. The standard InChI is InChI=1S/C16H17N3O2S2/c17-12-14-3-1-4-15(11-14)13-18-6-8-19(9-7-18)23(20,21)16-5-2-10-22-16/h1-5,10-11H,6-9,13H2/p+1. The number of piperazine rings is 1. The van der Waals surface area contributed by atoms with E-state index in [2.05, 4.69) is 6.07 Å². The van der Waals surface area contributed by atoms with Gasteiger partial charge in [-0.05, 0) is 23.6 Å². The van der Waals surface area contributed by atoms with Crippen LogP contribution in [0.15, 0.2) is 46.0 Å². The molecule has 0 radical (unpaired) electrons. The summed E-state index contributed by atoms with van der Waals surface area (Å²) in [5.74, 6) is 0. The van der Waals surface area contributed by atoms with Crippen molar-refractivity contribution in [2.45, 2.75) is 10.8 Å². The van der Waals surface area contributed by atoms with Gasteiger partial charge in [-0.15, -0.1) is 11.3 Å². The van der Waals surface area contributed by atoms with Crippen molar-refractivity contribution in [2.24, 2.45) is 0 Å². The van der Waals surface area contributed by atoms with Gasteiger partial charge in [0.15, 0.2) is 0 Å². The van der Waals surface area contributed by atoms with Gasteiger partial charge in [0.25, 0.3) is 10.0 Å². The summed E-state index contributed by atoms with van der Waals surface area (Å²) < 4.78 is 27.0. The maximum absolute atomic E-state index is 12.5. The first-order valence-electron chi connectivity index (χ1n) is 7.46. The Morgan fingerprint density at radius 1 is 1.22 bits per heavy atom. The minimum absolute atomic E-state index is 0.419. The van der Waals surface area contributed by atoms with E-state index in [9.17, 15) is 8.42 Å². The van der Waals surface area contributed by atoms with E-state index in [1.165, 1.54) is 16.2 Å². The molecule has 0 saturated carbocycles. The fraction of sp³-hybridized carbons (Fsp3) is 0.312. The summed E-state index contributed by atoms with van der Waals surface area (Å²) in [5.41, 5.74) is 1.79. The van der Waals surface area contributed by atoms with Gasteiger partial charge in [0.05, 0.1) is 37.8 Å². The maximum Gasteiger partial charge on any atom is 0.252 e. The molecule has 0 spiro atoms. The predicted octanol–water partition coefficient (Wildman–Crippen LogP) is 0.709. The Kier molecular flexibility index (Phi) is 4.78. The lowest BCUT2D eigenvalue weighted by Crippen LogP contribution is -3.13. The zero-order chi connectivity index (χ0) is 16.3. The zero-order valence-electron chi connectivity index (χ0n) is 12.6. The van der Waals surface area contributed by atoms with Gasteiger partial charge in [0.2, 0.25) is 0 Å². The van der Waals surface area contributed by atoms with Crippen molar-refractivity contribution < 1.29 is 13.3 Å². The van der Waals surface area contributed by atoms with Gasteiger partial charge in [-0.3, -0.25) is 0 Å². The summed E-state index contributed by atoms with van der Waals surface area (Å²) in [6.45, 7) is 3.45. The Bertz CT molecular complexity index is 802. The van der Waals surface area contributed by atoms with E-state index in [0.29, 0.717) is 22.9 Å². The topological polar surface area (TPSA) is 65.6 Å². The average molecular weight is 348 g/mol. The van der Waals surface area contributed by atoms with Crippen molar-refractivity contribution in [3.63, 3.8) is 0 Å². The molecule has 2 heterocycles. The molecule has 7 heteroatoms. The van der Waals surface area contributed by atoms with Crippen molar-refractivity contribution in [3.8, 4) is 6.07 Å². The number of sulfonamides is 1. The molecule has 1 aromatic carbocycles. The first kappa shape index (κ1) is 16.1. The maximum atomic E-state index is 12.5. The number of benzene rings is 1. The summed E-state index contributed by atoms with van der Waals surface area (Å²) in [7, 11) is -3.33. The number of nitriles is 1. The van der Waals surface area contributed by atoms with Crippen molar-refractivity contribution in [1.29, 1.82) is 5.26 Å². The van der Waals surface area contributed by atoms with Crippen molar-refractivity contribution in [2.75, 3.05) is 26.2 Å². The van der Waals surface area contributed by atoms with Gasteiger partial charge in [-0.1, -0.05) is 18.2 Å². The minimum Gasteiger partial charge on any atom is -0.329 e. The lowest BCUT2D eigenvalue weighted by Gasteiger charge is -2.31. The van der Waals surface area contributed by atoms with E-state index in [0.717, 1.165) is 25.2 Å². The average Bonchev–Trinajstić information content (AvgIpc) is 3.11. The lowest BCUT2D eigenvalue weighted by atomic mass is 10.1. The molecule has 0 atom stereocenters. The van der Waals surface area contributed by atoms with Gasteiger partial charge in [-0.2, -0.15) is 9.57 Å². The highest BCUT2D eigenvalue weighted by molar-refractivity contribution is 7.91. The van der Waals surface area contributed by atoms with Crippen LogP contribution in [0, 0.1) is 11.3 Å². The van der Waals surface area contributed by atoms with Gasteiger partial charge >= 0.3 is 0 Å². The smallest absolute Gasteiger partial charge is 0.252 e. The molecule has 0 amide bonds. The van der Waals surface area contributed by atoms with Crippen LogP contribution in [-0.2, 0) is 16.6 Å². The van der Waals surface area contributed by atoms with Gasteiger partial charge in [0.1, 0.15) is 10.8 Å². The molecule has 120 valence electrons. The van der Waals surface area contributed by atoms with E-state index < -0.39 is 10.0 Å². The van der Waals surface area contributed by atoms with E-state index in [1.807, 2.05) is 18.2 Å². The van der Waals surface area contributed by atoms with Crippen LogP contribution in [0.2, 0.25) is 0 Å². The normalized spacial score (nSPS) is 17.0. The monoisotopic (exact) mass is 348 g/mol. The highest BCUT2D eigenvalue weighted by Crippen LogP contribution is 2.20. The van der Waals surface area contributed by atoms with Crippen LogP contribution in [0.3, 0.4) is 0 Å². The quantitative estimate of drug-likeness (QED) is 0.885. The number of nitrogens with zero attached hydrogens (tertiary/aromatic N) is 2. The van der Waals surface area contributed by atoms with Crippen LogP contribution in [0.4, 0.5) is 0 Å². The third-order valence-electron chi connectivity index (χ3n) is 4.03. The predicted molar refractivity (Wildman–Crippen MR) is 88.6 cm³/mol. The summed E-state index contributed by atoms with van der Waals surface area (Å²) in [4.78, 5) is 1.35. The number of quaternary nitrogens is 1. The molecule has 0 unspecified atom stereocenters. The second-order valence-corrected chi connectivity index (χ2v) is 8.69. The van der Waals surface area contributed by atoms with Gasteiger partial charge in [-0.25, -0.2) is 8.42 Å². The molecule has 1 aliphatic heterocycles. The third-order valence-corrected chi connectivity index (χ3v) is 7.30. The van der Waals surface area contributed by atoms with Gasteiger partial charge in [0, 0.05) is 5.56 Å². The van der Waals surface area contributed by atoms with Gasteiger partial charge < -0.3 is 4.90 Å². The Balaban J connectivity index is 1.61. The Morgan fingerprint density at radius 3 is 2.65 bits per heavy atom. The van der Waals surface area contributed by atoms with Crippen LogP contribution < -0.4 is 4.90 Å². The summed E-state index contributed by atoms with van der Waals surface area (Å²) >= 11 is 1.26. The van der Waals surface area contributed by atoms with Crippen molar-refractivity contribution in [1.82, 2.24) is 4.31 Å². The number of rotatable bonds is 4. The molecule has 1 saturated heterocycles. The van der Waals surface area contributed by atoms with E-state index in [-0.39, 0.29) is 0 Å². The van der Waals surface area contributed by atoms with Crippen molar-refractivity contribution in [3.05, 3.63) is 52.9 Å². The number of thiophene rings is 1. The van der Waals surface area contributed by atoms with E-state index in [1.54, 1.807) is 27.9 Å². The molecule has 2 aromatic rings. The second-order valence-electron chi connectivity index (χ2n) is 5.58. The summed E-state index contributed by atoms with van der Waals surface area (Å²) in [5, 5.41) is 10.7. The molecule has 23 heavy (non-hydrogen) atoms. The largest absolute Gasteiger partial charge is 0.329 e. The zero-order valence-corrected chi connectivity index (χ0v) is 14.2. The Labute approximate surface area is 140 Å². The number of hydrogen-bond acceptors (Lipinski definition) is 4. The van der Waals surface area contributed by atoms with Crippen LogP contribution >= 0.6 is 11.3 Å². The van der Waals surface area contributed by atoms with E-state index in [4.69, 9.17) is 5.26 Å². The molecular formula is C16H18N3O2S2+. The first-order valence-corrected chi connectivity index (χ1v) is 9.78. The highest BCUT2D eigenvalue weighted by atomic mass is 32.2. The Hall–Kier alpha value is -1.72.